The van der Waals surface area contributed by atoms with Crippen LogP contribution in [-0.2, 0) is 6.18 Å². The Morgan fingerprint density at radius 1 is 1.24 bits per heavy atom. The largest absolute Gasteiger partial charge is 0.433 e. The molecule has 0 radical (unpaired) electrons. The zero-order valence-corrected chi connectivity index (χ0v) is 12.8. The Balaban J connectivity index is 2.31. The number of alkyl halides is 3. The minimum atomic E-state index is -4.46. The summed E-state index contributed by atoms with van der Waals surface area (Å²) in [6.45, 7) is 0. The Kier molecular flexibility index (Phi) is 4.48. The lowest BCUT2D eigenvalue weighted by molar-refractivity contribution is -0.141. The number of hydrogen-bond acceptors (Lipinski definition) is 3. The van der Waals surface area contributed by atoms with Crippen LogP contribution in [0.2, 0.25) is 0 Å². The van der Waals surface area contributed by atoms with Crippen LogP contribution >= 0.6 is 28.1 Å². The topological polar surface area (TPSA) is 50.9 Å². The molecule has 0 atom stereocenters. The quantitative estimate of drug-likeness (QED) is 0.787. The maximum Gasteiger partial charge on any atom is 0.433 e. The molecule has 0 unspecified atom stereocenters. The summed E-state index contributed by atoms with van der Waals surface area (Å²) in [6.07, 6.45) is -3.36. The van der Waals surface area contributed by atoms with Crippen LogP contribution in [0.15, 0.2) is 41.0 Å². The summed E-state index contributed by atoms with van der Waals surface area (Å²) in [5.74, 6) is 0. The third-order valence-electron chi connectivity index (χ3n) is 2.59. The van der Waals surface area contributed by atoms with Crippen LogP contribution in [0.5, 0.6) is 0 Å². The summed E-state index contributed by atoms with van der Waals surface area (Å²) in [4.78, 5) is 3.55. The molecule has 0 fully saturated rings. The highest BCUT2D eigenvalue weighted by Gasteiger charge is 2.32. The second-order valence-corrected chi connectivity index (χ2v) is 5.38. The molecule has 1 heterocycles. The third kappa shape index (κ3) is 3.70. The molecule has 0 aliphatic carbocycles. The second kappa shape index (κ2) is 5.98. The molecule has 3 N–H and O–H groups in total. The second-order valence-electron chi connectivity index (χ2n) is 4.08. The molecule has 1 aromatic carbocycles. The maximum absolute atomic E-state index is 12.4. The number of nitrogens with one attached hydrogen (secondary N) is 1. The number of pyridine rings is 1. The molecule has 3 nitrogen and oxygen atoms in total. The minimum Gasteiger partial charge on any atom is -0.389 e. The van der Waals surface area contributed by atoms with E-state index in [9.17, 15) is 13.2 Å². The predicted octanol–water partition coefficient (Wildman–Crippen LogP) is 4.24. The van der Waals surface area contributed by atoms with Crippen LogP contribution < -0.4 is 11.1 Å². The lowest BCUT2D eigenvalue weighted by atomic mass is 10.1. The molecule has 0 spiro atoms. The molecule has 8 heteroatoms. The van der Waals surface area contributed by atoms with Crippen molar-refractivity contribution in [3.63, 3.8) is 0 Å². The first-order valence-electron chi connectivity index (χ1n) is 5.67. The SMILES string of the molecule is NC(=S)c1c(Br)cccc1Nc1ccc(C(F)(F)F)nc1. The molecule has 0 bridgehead atoms. The average Bonchev–Trinajstić information content (AvgIpc) is 2.38. The fourth-order valence-electron chi connectivity index (χ4n) is 1.67. The van der Waals surface area contributed by atoms with Gasteiger partial charge in [-0.05, 0) is 40.2 Å². The Labute approximate surface area is 132 Å². The Morgan fingerprint density at radius 3 is 2.48 bits per heavy atom. The molecular formula is C13H9BrF3N3S. The number of benzene rings is 1. The molecule has 2 rings (SSSR count). The number of aromatic nitrogens is 1. The zero-order valence-electron chi connectivity index (χ0n) is 10.4. The van der Waals surface area contributed by atoms with Gasteiger partial charge in [0.15, 0.2) is 0 Å². The van der Waals surface area contributed by atoms with Gasteiger partial charge in [0.05, 0.1) is 11.9 Å². The van der Waals surface area contributed by atoms with E-state index in [1.807, 2.05) is 0 Å². The summed E-state index contributed by atoms with van der Waals surface area (Å²) in [6, 6.07) is 7.44. The standard InChI is InChI=1S/C13H9BrF3N3S/c14-8-2-1-3-9(11(8)12(18)21)20-7-4-5-10(19-6-7)13(15,16)17/h1-6,20H,(H2,18,21). The van der Waals surface area contributed by atoms with Gasteiger partial charge in [0.25, 0.3) is 0 Å². The van der Waals surface area contributed by atoms with E-state index in [-0.39, 0.29) is 4.99 Å². The lowest BCUT2D eigenvalue weighted by Crippen LogP contribution is -2.13. The first-order chi connectivity index (χ1) is 9.79. The van der Waals surface area contributed by atoms with Crippen LogP contribution in [0.4, 0.5) is 24.5 Å². The van der Waals surface area contributed by atoms with Gasteiger partial charge in [-0.2, -0.15) is 13.2 Å². The van der Waals surface area contributed by atoms with Gasteiger partial charge >= 0.3 is 6.18 Å². The number of anilines is 2. The molecule has 0 saturated heterocycles. The number of thiocarbonyl (C=S) groups is 1. The molecular weight excluding hydrogens is 367 g/mol. The lowest BCUT2D eigenvalue weighted by Gasteiger charge is -2.13. The van der Waals surface area contributed by atoms with E-state index >= 15 is 0 Å². The van der Waals surface area contributed by atoms with Crippen molar-refractivity contribution >= 4 is 44.5 Å². The van der Waals surface area contributed by atoms with E-state index in [0.29, 0.717) is 21.4 Å². The number of nitrogens with two attached hydrogens (primary N) is 1. The fourth-order valence-corrected chi connectivity index (χ4v) is 2.60. The normalized spacial score (nSPS) is 11.2. The van der Waals surface area contributed by atoms with Crippen molar-refractivity contribution in [3.05, 3.63) is 52.3 Å². The average molecular weight is 376 g/mol. The van der Waals surface area contributed by atoms with Gasteiger partial charge in [-0.15, -0.1) is 0 Å². The van der Waals surface area contributed by atoms with Crippen LogP contribution in [-0.4, -0.2) is 9.97 Å². The van der Waals surface area contributed by atoms with Crippen molar-refractivity contribution in [2.24, 2.45) is 5.73 Å². The van der Waals surface area contributed by atoms with E-state index in [4.69, 9.17) is 18.0 Å². The highest BCUT2D eigenvalue weighted by Crippen LogP contribution is 2.30. The molecule has 2 aromatic rings. The van der Waals surface area contributed by atoms with E-state index in [0.717, 1.165) is 12.3 Å². The molecule has 21 heavy (non-hydrogen) atoms. The van der Waals surface area contributed by atoms with Crippen molar-refractivity contribution in [1.82, 2.24) is 4.98 Å². The van der Waals surface area contributed by atoms with Gasteiger partial charge in [0.2, 0.25) is 0 Å². The summed E-state index contributed by atoms with van der Waals surface area (Å²) in [5.41, 5.74) is 6.26. The fraction of sp³-hybridized carbons (Fsp3) is 0.0769. The van der Waals surface area contributed by atoms with Crippen LogP contribution in [0, 0.1) is 0 Å². The van der Waals surface area contributed by atoms with Crippen molar-refractivity contribution in [3.8, 4) is 0 Å². The molecule has 0 amide bonds. The van der Waals surface area contributed by atoms with Gasteiger partial charge in [0.1, 0.15) is 10.7 Å². The van der Waals surface area contributed by atoms with Gasteiger partial charge in [-0.3, -0.25) is 0 Å². The van der Waals surface area contributed by atoms with Crippen LogP contribution in [0.3, 0.4) is 0 Å². The molecule has 0 aliphatic rings. The first-order valence-corrected chi connectivity index (χ1v) is 6.88. The summed E-state index contributed by atoms with van der Waals surface area (Å²) in [5, 5.41) is 2.95. The van der Waals surface area contributed by atoms with Crippen molar-refractivity contribution in [1.29, 1.82) is 0 Å². The van der Waals surface area contributed by atoms with Crippen molar-refractivity contribution in [2.75, 3.05) is 5.32 Å². The van der Waals surface area contributed by atoms with E-state index in [1.165, 1.54) is 6.07 Å². The maximum atomic E-state index is 12.4. The summed E-state index contributed by atoms with van der Waals surface area (Å²) < 4.78 is 38.0. The Hall–Kier alpha value is -1.67. The highest BCUT2D eigenvalue weighted by atomic mass is 79.9. The zero-order chi connectivity index (χ0) is 15.6. The molecule has 110 valence electrons. The van der Waals surface area contributed by atoms with Gasteiger partial charge < -0.3 is 11.1 Å². The van der Waals surface area contributed by atoms with E-state index in [1.54, 1.807) is 18.2 Å². The van der Waals surface area contributed by atoms with Crippen LogP contribution in [0.25, 0.3) is 0 Å². The minimum absolute atomic E-state index is 0.171. The van der Waals surface area contributed by atoms with Gasteiger partial charge in [-0.25, -0.2) is 4.98 Å². The van der Waals surface area contributed by atoms with E-state index < -0.39 is 11.9 Å². The van der Waals surface area contributed by atoms with Crippen molar-refractivity contribution in [2.45, 2.75) is 6.18 Å². The van der Waals surface area contributed by atoms with Crippen LogP contribution in [0.1, 0.15) is 11.3 Å². The highest BCUT2D eigenvalue weighted by molar-refractivity contribution is 9.10. The predicted molar refractivity (Wildman–Crippen MR) is 82.6 cm³/mol. The van der Waals surface area contributed by atoms with Gasteiger partial charge in [0, 0.05) is 15.7 Å². The first kappa shape index (κ1) is 15.7. The molecule has 0 aliphatic heterocycles. The number of nitrogens with zero attached hydrogens (tertiary/aromatic N) is 1. The number of halogens is 4. The number of hydrogen-bond donors (Lipinski definition) is 2. The summed E-state index contributed by atoms with van der Waals surface area (Å²) >= 11 is 8.29. The molecule has 0 saturated carbocycles. The van der Waals surface area contributed by atoms with Crippen molar-refractivity contribution < 1.29 is 13.2 Å². The monoisotopic (exact) mass is 375 g/mol. The smallest absolute Gasteiger partial charge is 0.389 e. The van der Waals surface area contributed by atoms with Gasteiger partial charge in [-0.1, -0.05) is 18.3 Å². The Morgan fingerprint density at radius 2 is 1.95 bits per heavy atom. The Bertz CT molecular complexity index is 671. The summed E-state index contributed by atoms with van der Waals surface area (Å²) in [7, 11) is 0. The third-order valence-corrected chi connectivity index (χ3v) is 3.46. The number of rotatable bonds is 3. The molecule has 1 aromatic heterocycles. The van der Waals surface area contributed by atoms with E-state index in [2.05, 4.69) is 26.2 Å².